The lowest BCUT2D eigenvalue weighted by Crippen LogP contribution is -2.48. The van der Waals surface area contributed by atoms with Crippen LogP contribution in [0, 0.1) is 0 Å². The molecule has 28 heavy (non-hydrogen) atoms. The number of hydrogen-bond acceptors (Lipinski definition) is 5. The van der Waals surface area contributed by atoms with E-state index in [0.29, 0.717) is 28.2 Å². The van der Waals surface area contributed by atoms with Crippen molar-refractivity contribution < 1.29 is 14.3 Å². The van der Waals surface area contributed by atoms with E-state index in [1.807, 2.05) is 37.3 Å². The molecule has 150 valence electrons. The van der Waals surface area contributed by atoms with Crippen LogP contribution in [0.25, 0.3) is 0 Å². The average molecular weight is 440 g/mol. The number of hydrogen-bond donors (Lipinski definition) is 3. The Kier molecular flexibility index (Phi) is 8.69. The summed E-state index contributed by atoms with van der Waals surface area (Å²) < 4.78 is 10.5. The number of ether oxygens (including phenoxy) is 2. The number of nitrogens with one attached hydrogen (secondary N) is 3. The van der Waals surface area contributed by atoms with E-state index in [4.69, 9.17) is 33.3 Å². The Morgan fingerprint density at radius 1 is 1.11 bits per heavy atom. The average Bonchev–Trinajstić information content (AvgIpc) is 2.71. The highest BCUT2D eigenvalue weighted by Crippen LogP contribution is 2.27. The fraction of sp³-hybridized carbons (Fsp3) is 0.263. The Morgan fingerprint density at radius 2 is 1.79 bits per heavy atom. The van der Waals surface area contributed by atoms with Crippen LogP contribution in [-0.4, -0.2) is 30.5 Å². The third-order valence-electron chi connectivity index (χ3n) is 3.70. The maximum absolute atomic E-state index is 12.2. The molecule has 0 aliphatic heterocycles. The number of hydrazine groups is 1. The van der Waals surface area contributed by atoms with Gasteiger partial charge in [-0.1, -0.05) is 17.7 Å². The van der Waals surface area contributed by atoms with Crippen LogP contribution in [0.5, 0.6) is 11.5 Å². The number of carbonyl (C=O) groups excluding carboxylic acids is 1. The van der Waals surface area contributed by atoms with Crippen LogP contribution >= 0.6 is 35.6 Å². The summed E-state index contributed by atoms with van der Waals surface area (Å²) in [6.07, 6.45) is 0. The van der Waals surface area contributed by atoms with E-state index < -0.39 is 0 Å². The third-order valence-corrected chi connectivity index (χ3v) is 5.31. The zero-order valence-electron chi connectivity index (χ0n) is 15.7. The van der Waals surface area contributed by atoms with Gasteiger partial charge in [-0.3, -0.25) is 15.6 Å². The van der Waals surface area contributed by atoms with Crippen molar-refractivity contribution >= 4 is 46.6 Å². The van der Waals surface area contributed by atoms with Crippen molar-refractivity contribution in [2.24, 2.45) is 0 Å². The summed E-state index contributed by atoms with van der Waals surface area (Å²) in [7, 11) is 3.17. The quantitative estimate of drug-likeness (QED) is 0.346. The van der Waals surface area contributed by atoms with Crippen LogP contribution in [0.2, 0.25) is 5.02 Å². The molecule has 2 aromatic rings. The molecule has 2 aromatic carbocycles. The number of benzene rings is 2. The van der Waals surface area contributed by atoms with E-state index in [2.05, 4.69) is 16.2 Å². The van der Waals surface area contributed by atoms with Gasteiger partial charge in [0.15, 0.2) is 16.6 Å². The molecular formula is C19H22ClN3O3S2. The van der Waals surface area contributed by atoms with E-state index in [0.717, 1.165) is 10.5 Å². The van der Waals surface area contributed by atoms with E-state index in [9.17, 15) is 4.79 Å². The van der Waals surface area contributed by atoms with Gasteiger partial charge in [0.2, 0.25) is 0 Å². The summed E-state index contributed by atoms with van der Waals surface area (Å²) in [6.45, 7) is 2.29. The molecule has 3 N–H and O–H groups in total. The summed E-state index contributed by atoms with van der Waals surface area (Å²) in [5, 5.41) is 3.70. The molecular weight excluding hydrogens is 418 g/mol. The summed E-state index contributed by atoms with van der Waals surface area (Å²) >= 11 is 12.5. The molecule has 0 saturated carbocycles. The van der Waals surface area contributed by atoms with Crippen molar-refractivity contribution in [2.75, 3.05) is 14.2 Å². The summed E-state index contributed by atoms with van der Waals surface area (Å²) in [5.74, 6) is 1.11. The minimum atomic E-state index is -0.303. The minimum absolute atomic E-state index is 0.185. The van der Waals surface area contributed by atoms with Gasteiger partial charge >= 0.3 is 0 Å². The highest BCUT2D eigenvalue weighted by atomic mass is 35.5. The number of rotatable bonds is 7. The minimum Gasteiger partial charge on any atom is -0.493 e. The molecule has 0 aliphatic rings. The van der Waals surface area contributed by atoms with Crippen LogP contribution in [0.1, 0.15) is 12.5 Å². The van der Waals surface area contributed by atoms with Crippen LogP contribution < -0.4 is 25.6 Å². The predicted octanol–water partition coefficient (Wildman–Crippen LogP) is 3.53. The molecule has 6 nitrogen and oxygen atoms in total. The van der Waals surface area contributed by atoms with Gasteiger partial charge in [0.05, 0.1) is 19.5 Å². The van der Waals surface area contributed by atoms with Gasteiger partial charge in [-0.25, -0.2) is 0 Å². The van der Waals surface area contributed by atoms with Crippen molar-refractivity contribution in [3.8, 4) is 11.5 Å². The van der Waals surface area contributed by atoms with Gasteiger partial charge in [0.1, 0.15) is 0 Å². The molecule has 0 unspecified atom stereocenters. The number of thioether (sulfide) groups is 1. The maximum Gasteiger partial charge on any atom is 0.251 e. The topological polar surface area (TPSA) is 71.6 Å². The lowest BCUT2D eigenvalue weighted by molar-refractivity contribution is -0.120. The highest BCUT2D eigenvalue weighted by molar-refractivity contribution is 8.00. The molecule has 0 saturated heterocycles. The van der Waals surface area contributed by atoms with Crippen molar-refractivity contribution in [3.05, 3.63) is 53.1 Å². The lowest BCUT2D eigenvalue weighted by atomic mass is 10.2. The fourth-order valence-electron chi connectivity index (χ4n) is 2.21. The molecule has 0 bridgehead atoms. The zero-order chi connectivity index (χ0) is 20.5. The van der Waals surface area contributed by atoms with E-state index in [1.165, 1.54) is 11.8 Å². The standard InChI is InChI=1S/C19H22ClN3O3S2/c1-12(28-15-7-5-14(20)6-8-15)18(24)22-23-19(27)21-11-13-4-9-16(25-2)17(10-13)26-3/h4-10,12H,11H2,1-3H3,(H,22,24)(H2,21,23,27)/t12-/m0/s1. The molecule has 1 amide bonds. The third kappa shape index (κ3) is 6.78. The van der Waals surface area contributed by atoms with E-state index >= 15 is 0 Å². The molecule has 2 rings (SSSR count). The Hall–Kier alpha value is -2.16. The first-order valence-electron chi connectivity index (χ1n) is 8.39. The normalized spacial score (nSPS) is 11.3. The Labute approximate surface area is 179 Å². The van der Waals surface area contributed by atoms with Crippen LogP contribution in [-0.2, 0) is 11.3 Å². The van der Waals surface area contributed by atoms with E-state index in [1.54, 1.807) is 26.4 Å². The van der Waals surface area contributed by atoms with Gasteiger partial charge in [0.25, 0.3) is 5.91 Å². The van der Waals surface area contributed by atoms with Gasteiger partial charge < -0.3 is 14.8 Å². The fourth-order valence-corrected chi connectivity index (χ4v) is 3.32. The molecule has 9 heteroatoms. The Bertz CT molecular complexity index is 819. The van der Waals surface area contributed by atoms with Gasteiger partial charge in [-0.05, 0) is 61.1 Å². The summed E-state index contributed by atoms with van der Waals surface area (Å²) in [6, 6.07) is 12.9. The van der Waals surface area contributed by atoms with Gasteiger partial charge in [0, 0.05) is 16.5 Å². The highest BCUT2D eigenvalue weighted by Gasteiger charge is 2.14. The molecule has 0 spiro atoms. The maximum atomic E-state index is 12.2. The van der Waals surface area contributed by atoms with Crippen molar-refractivity contribution in [2.45, 2.75) is 23.6 Å². The second kappa shape index (κ2) is 11.0. The van der Waals surface area contributed by atoms with Crippen LogP contribution in [0.4, 0.5) is 0 Å². The van der Waals surface area contributed by atoms with Crippen LogP contribution in [0.3, 0.4) is 0 Å². The zero-order valence-corrected chi connectivity index (χ0v) is 18.1. The van der Waals surface area contributed by atoms with Crippen LogP contribution in [0.15, 0.2) is 47.4 Å². The summed E-state index contributed by atoms with van der Waals surface area (Å²) in [4.78, 5) is 13.2. The SMILES string of the molecule is COc1ccc(CNC(=S)NNC(=O)[C@H](C)Sc2ccc(Cl)cc2)cc1OC. The lowest BCUT2D eigenvalue weighted by Gasteiger charge is -2.15. The molecule has 0 fully saturated rings. The predicted molar refractivity (Wildman–Crippen MR) is 117 cm³/mol. The second-order valence-electron chi connectivity index (χ2n) is 5.70. The smallest absolute Gasteiger partial charge is 0.251 e. The molecule has 0 heterocycles. The molecule has 0 radical (unpaired) electrons. The number of methoxy groups -OCH3 is 2. The second-order valence-corrected chi connectivity index (χ2v) is 7.96. The Morgan fingerprint density at radius 3 is 2.43 bits per heavy atom. The number of halogens is 1. The van der Waals surface area contributed by atoms with Crippen molar-refractivity contribution in [3.63, 3.8) is 0 Å². The first-order chi connectivity index (χ1) is 13.4. The first-order valence-corrected chi connectivity index (χ1v) is 10.1. The largest absolute Gasteiger partial charge is 0.493 e. The van der Waals surface area contributed by atoms with Crippen molar-refractivity contribution in [1.29, 1.82) is 0 Å². The Balaban J connectivity index is 1.77. The molecule has 0 aliphatic carbocycles. The van der Waals surface area contributed by atoms with Gasteiger partial charge in [-0.15, -0.1) is 11.8 Å². The first kappa shape index (κ1) is 22.1. The van der Waals surface area contributed by atoms with Crippen molar-refractivity contribution in [1.82, 2.24) is 16.2 Å². The summed E-state index contributed by atoms with van der Waals surface area (Å²) in [5.41, 5.74) is 6.27. The number of amides is 1. The monoisotopic (exact) mass is 439 g/mol. The van der Waals surface area contributed by atoms with Gasteiger partial charge in [-0.2, -0.15) is 0 Å². The number of thiocarbonyl (C=S) groups is 1. The molecule has 1 atom stereocenters. The molecule has 0 aromatic heterocycles. The number of carbonyl (C=O) groups is 1. The van der Waals surface area contributed by atoms with E-state index in [-0.39, 0.29) is 11.2 Å².